The molecule has 0 amide bonds. The number of hydrogen-bond acceptors (Lipinski definition) is 3. The highest BCUT2D eigenvalue weighted by atomic mass is 32.7. The lowest BCUT2D eigenvalue weighted by molar-refractivity contribution is 0.187. The highest BCUT2D eigenvalue weighted by molar-refractivity contribution is 8.54. The number of rotatable bonds is 6. The minimum Gasteiger partial charge on any atom is -0.317 e. The molecular formula is C8H20NO3PS. The largest absolute Gasteiger partial charge is 0.384 e. The monoisotopic (exact) mass is 241 g/mol. The van der Waals surface area contributed by atoms with Crippen molar-refractivity contribution in [3.63, 3.8) is 0 Å². The molecule has 0 spiro atoms. The summed E-state index contributed by atoms with van der Waals surface area (Å²) < 4.78 is 10.6. The van der Waals surface area contributed by atoms with Gasteiger partial charge in [-0.15, -0.1) is 0 Å². The van der Waals surface area contributed by atoms with Crippen molar-refractivity contribution in [2.24, 2.45) is 0 Å². The molecule has 0 aromatic heterocycles. The van der Waals surface area contributed by atoms with Crippen molar-refractivity contribution in [1.82, 2.24) is 4.90 Å². The fraction of sp³-hybridized carbons (Fsp3) is 1.00. The van der Waals surface area contributed by atoms with Gasteiger partial charge in [0.05, 0.1) is 0 Å². The lowest BCUT2D eigenvalue weighted by atomic mass is 10.2. The predicted molar refractivity (Wildman–Crippen MR) is 61.5 cm³/mol. The molecule has 0 saturated carbocycles. The molecule has 0 heterocycles. The Morgan fingerprint density at radius 2 is 1.64 bits per heavy atom. The summed E-state index contributed by atoms with van der Waals surface area (Å²) in [5, 5.41) is 0. The van der Waals surface area contributed by atoms with E-state index >= 15 is 0 Å². The lowest BCUT2D eigenvalue weighted by Crippen LogP contribution is -2.38. The molecule has 0 fully saturated rings. The smallest absolute Gasteiger partial charge is 0.317 e. The first-order valence-electron chi connectivity index (χ1n) is 4.70. The SMILES string of the molecule is CC(C)N(CCSP(=O)(O)O)C(C)C. The van der Waals surface area contributed by atoms with Gasteiger partial charge < -0.3 is 9.79 Å². The third-order valence-corrected chi connectivity index (χ3v) is 4.19. The highest BCUT2D eigenvalue weighted by Crippen LogP contribution is 2.49. The van der Waals surface area contributed by atoms with E-state index in [4.69, 9.17) is 9.79 Å². The van der Waals surface area contributed by atoms with Gasteiger partial charge in [-0.2, -0.15) is 0 Å². The van der Waals surface area contributed by atoms with Crippen LogP contribution in [-0.2, 0) is 4.57 Å². The molecule has 0 rings (SSSR count). The third kappa shape index (κ3) is 6.85. The Labute approximate surface area is 90.0 Å². The van der Waals surface area contributed by atoms with Crippen LogP contribution < -0.4 is 0 Å². The zero-order valence-corrected chi connectivity index (χ0v) is 10.9. The van der Waals surface area contributed by atoms with E-state index < -0.39 is 6.80 Å². The summed E-state index contributed by atoms with van der Waals surface area (Å²) in [6.07, 6.45) is 0. The molecule has 6 heteroatoms. The van der Waals surface area contributed by atoms with Gasteiger partial charge in [-0.25, -0.2) is 4.57 Å². The van der Waals surface area contributed by atoms with Crippen LogP contribution in [0.2, 0.25) is 0 Å². The van der Waals surface area contributed by atoms with Gasteiger partial charge in [0.2, 0.25) is 0 Å². The summed E-state index contributed by atoms with van der Waals surface area (Å²) in [5.74, 6) is 0.473. The maximum absolute atomic E-state index is 10.6. The summed E-state index contributed by atoms with van der Waals surface area (Å²) in [6, 6.07) is 0.819. The molecule has 86 valence electrons. The summed E-state index contributed by atoms with van der Waals surface area (Å²) in [7, 11) is 0. The summed E-state index contributed by atoms with van der Waals surface area (Å²) in [4.78, 5) is 19.5. The van der Waals surface area contributed by atoms with E-state index in [1.807, 2.05) is 0 Å². The molecule has 2 N–H and O–H groups in total. The van der Waals surface area contributed by atoms with Crippen LogP contribution in [0.5, 0.6) is 0 Å². The zero-order chi connectivity index (χ0) is 11.4. The molecule has 0 saturated heterocycles. The van der Waals surface area contributed by atoms with Crippen LogP contribution >= 0.6 is 18.2 Å². The van der Waals surface area contributed by atoms with E-state index in [-0.39, 0.29) is 0 Å². The summed E-state index contributed by atoms with van der Waals surface area (Å²) in [5.41, 5.74) is 0. The van der Waals surface area contributed by atoms with Crippen molar-refractivity contribution in [3.05, 3.63) is 0 Å². The van der Waals surface area contributed by atoms with Gasteiger partial charge in [-0.05, 0) is 39.1 Å². The molecule has 0 bridgehead atoms. The highest BCUT2D eigenvalue weighted by Gasteiger charge is 2.17. The van der Waals surface area contributed by atoms with Gasteiger partial charge in [-0.1, -0.05) is 0 Å². The first-order valence-corrected chi connectivity index (χ1v) is 7.90. The molecule has 0 aliphatic rings. The second kappa shape index (κ2) is 6.13. The van der Waals surface area contributed by atoms with Crippen LogP contribution in [-0.4, -0.2) is 39.1 Å². The Morgan fingerprint density at radius 3 is 1.93 bits per heavy atom. The number of nitrogens with zero attached hydrogens (tertiary/aromatic N) is 1. The summed E-state index contributed by atoms with van der Waals surface area (Å²) >= 11 is 0.722. The first-order chi connectivity index (χ1) is 6.24. The molecule has 14 heavy (non-hydrogen) atoms. The van der Waals surface area contributed by atoms with Crippen LogP contribution in [0.15, 0.2) is 0 Å². The predicted octanol–water partition coefficient (Wildman–Crippen LogP) is 1.93. The van der Waals surface area contributed by atoms with E-state index in [0.29, 0.717) is 24.4 Å². The maximum Gasteiger partial charge on any atom is 0.384 e. The average Bonchev–Trinajstić information content (AvgIpc) is 1.94. The fourth-order valence-corrected chi connectivity index (χ4v) is 2.87. The van der Waals surface area contributed by atoms with Crippen LogP contribution in [0.4, 0.5) is 0 Å². The normalized spacial score (nSPS) is 13.2. The molecule has 0 aromatic rings. The Hall–Kier alpha value is 0.460. The standard InChI is InChI=1S/C8H20NO3PS/c1-7(2)9(8(3)4)5-6-14-13(10,11)12/h7-8H,5-6H2,1-4H3,(H2,10,11,12). The van der Waals surface area contributed by atoms with Crippen LogP contribution in [0, 0.1) is 0 Å². The van der Waals surface area contributed by atoms with E-state index in [0.717, 1.165) is 11.4 Å². The van der Waals surface area contributed by atoms with Gasteiger partial charge in [0, 0.05) is 24.4 Å². The van der Waals surface area contributed by atoms with Gasteiger partial charge in [0.1, 0.15) is 0 Å². The van der Waals surface area contributed by atoms with E-state index in [2.05, 4.69) is 32.6 Å². The van der Waals surface area contributed by atoms with E-state index in [1.165, 1.54) is 0 Å². The van der Waals surface area contributed by atoms with Crippen LogP contribution in [0.25, 0.3) is 0 Å². The Bertz CT molecular complexity index is 197. The van der Waals surface area contributed by atoms with Crippen molar-refractivity contribution >= 4 is 18.2 Å². The van der Waals surface area contributed by atoms with Gasteiger partial charge >= 0.3 is 6.80 Å². The third-order valence-electron chi connectivity index (χ3n) is 1.94. The van der Waals surface area contributed by atoms with E-state index in [9.17, 15) is 4.57 Å². The molecule has 0 atom stereocenters. The van der Waals surface area contributed by atoms with Crippen molar-refractivity contribution in [1.29, 1.82) is 0 Å². The molecule has 4 nitrogen and oxygen atoms in total. The molecule has 0 aromatic carbocycles. The molecule has 0 aliphatic heterocycles. The molecule has 0 radical (unpaired) electrons. The Kier molecular flexibility index (Phi) is 6.33. The van der Waals surface area contributed by atoms with Gasteiger partial charge in [0.25, 0.3) is 0 Å². The van der Waals surface area contributed by atoms with Crippen molar-refractivity contribution in [2.45, 2.75) is 39.8 Å². The van der Waals surface area contributed by atoms with Crippen LogP contribution in [0.1, 0.15) is 27.7 Å². The zero-order valence-electron chi connectivity index (χ0n) is 9.17. The quantitative estimate of drug-likeness (QED) is 0.696. The average molecular weight is 241 g/mol. The summed E-state index contributed by atoms with van der Waals surface area (Å²) in [6.45, 7) is 5.16. The first kappa shape index (κ1) is 14.5. The topological polar surface area (TPSA) is 60.8 Å². The van der Waals surface area contributed by atoms with Gasteiger partial charge in [-0.3, -0.25) is 4.90 Å². The number of hydrogen-bond donors (Lipinski definition) is 2. The van der Waals surface area contributed by atoms with Crippen molar-refractivity contribution in [2.75, 3.05) is 12.3 Å². The van der Waals surface area contributed by atoms with E-state index in [1.54, 1.807) is 0 Å². The second-order valence-corrected chi connectivity index (χ2v) is 7.60. The molecule has 0 unspecified atom stereocenters. The van der Waals surface area contributed by atoms with Crippen molar-refractivity contribution < 1.29 is 14.4 Å². The van der Waals surface area contributed by atoms with Crippen molar-refractivity contribution in [3.8, 4) is 0 Å². The molecular weight excluding hydrogens is 221 g/mol. The van der Waals surface area contributed by atoms with Crippen LogP contribution in [0.3, 0.4) is 0 Å². The Balaban J connectivity index is 3.90. The fourth-order valence-electron chi connectivity index (χ4n) is 1.38. The minimum atomic E-state index is -3.89. The lowest BCUT2D eigenvalue weighted by Gasteiger charge is -2.30. The second-order valence-electron chi connectivity index (χ2n) is 3.75. The van der Waals surface area contributed by atoms with Gasteiger partial charge in [0.15, 0.2) is 0 Å². The minimum absolute atomic E-state index is 0.410. The Morgan fingerprint density at radius 1 is 1.21 bits per heavy atom. The molecule has 0 aliphatic carbocycles. The maximum atomic E-state index is 10.6.